The molecule has 0 unspecified atom stereocenters. The first-order valence-electron chi connectivity index (χ1n) is 7.16. The Balaban J connectivity index is 1.84. The van der Waals surface area contributed by atoms with Crippen LogP contribution in [-0.2, 0) is 11.8 Å². The standard InChI is InChI=1S/C15H21N5OS/c1-19(2)13(12-7-5-4-6-8-12)9-16-14(21)10-22-15-18-17-11-20(15)3/h4-8,11,13H,9-10H2,1-3H3,(H,16,21)/p+1/t13-/m1/s1. The number of carbonyl (C=O) groups excluding carboxylic acids is 1. The highest BCUT2D eigenvalue weighted by Gasteiger charge is 2.18. The van der Waals surface area contributed by atoms with E-state index in [9.17, 15) is 4.79 Å². The van der Waals surface area contributed by atoms with Crippen molar-refractivity contribution in [3.8, 4) is 0 Å². The van der Waals surface area contributed by atoms with Gasteiger partial charge in [0.2, 0.25) is 5.91 Å². The molecule has 0 saturated carbocycles. The van der Waals surface area contributed by atoms with Gasteiger partial charge in [-0.15, -0.1) is 10.2 Å². The first-order chi connectivity index (χ1) is 10.6. The number of carbonyl (C=O) groups is 1. The zero-order valence-electron chi connectivity index (χ0n) is 13.1. The smallest absolute Gasteiger partial charge is 0.230 e. The van der Waals surface area contributed by atoms with Crippen molar-refractivity contribution in [3.63, 3.8) is 0 Å². The van der Waals surface area contributed by atoms with Gasteiger partial charge in [0.15, 0.2) is 5.16 Å². The summed E-state index contributed by atoms with van der Waals surface area (Å²) in [7, 11) is 6.05. The van der Waals surface area contributed by atoms with E-state index in [1.807, 2.05) is 25.2 Å². The molecule has 0 saturated heterocycles. The summed E-state index contributed by atoms with van der Waals surface area (Å²) in [5.41, 5.74) is 1.23. The second-order valence-electron chi connectivity index (χ2n) is 5.36. The third kappa shape index (κ3) is 4.57. The van der Waals surface area contributed by atoms with Crippen molar-refractivity contribution in [2.75, 3.05) is 26.4 Å². The molecule has 1 aromatic carbocycles. The SMILES string of the molecule is Cn1cnnc1SCC(=O)NC[C@H](c1ccccc1)[NH+](C)C. The second kappa shape index (κ2) is 7.95. The van der Waals surface area contributed by atoms with E-state index < -0.39 is 0 Å². The minimum Gasteiger partial charge on any atom is -0.349 e. The fourth-order valence-electron chi connectivity index (χ4n) is 2.14. The van der Waals surface area contributed by atoms with Crippen LogP contribution in [0.5, 0.6) is 0 Å². The molecule has 1 heterocycles. The number of aromatic nitrogens is 3. The molecule has 1 amide bonds. The van der Waals surface area contributed by atoms with Crippen LogP contribution in [-0.4, -0.2) is 47.1 Å². The largest absolute Gasteiger partial charge is 0.349 e. The molecule has 1 atom stereocenters. The van der Waals surface area contributed by atoms with Crippen LogP contribution in [0.2, 0.25) is 0 Å². The molecule has 22 heavy (non-hydrogen) atoms. The molecule has 0 spiro atoms. The van der Waals surface area contributed by atoms with Crippen LogP contribution < -0.4 is 10.2 Å². The first-order valence-corrected chi connectivity index (χ1v) is 8.15. The zero-order chi connectivity index (χ0) is 15.9. The van der Waals surface area contributed by atoms with Crippen molar-refractivity contribution >= 4 is 17.7 Å². The monoisotopic (exact) mass is 320 g/mol. The summed E-state index contributed by atoms with van der Waals surface area (Å²) in [6.07, 6.45) is 1.63. The number of benzene rings is 1. The van der Waals surface area contributed by atoms with Crippen molar-refractivity contribution in [2.24, 2.45) is 7.05 Å². The summed E-state index contributed by atoms with van der Waals surface area (Å²) in [5.74, 6) is 0.353. The van der Waals surface area contributed by atoms with Crippen LogP contribution in [0.15, 0.2) is 41.8 Å². The molecular formula is C15H22N5OS+. The van der Waals surface area contributed by atoms with Gasteiger partial charge >= 0.3 is 0 Å². The van der Waals surface area contributed by atoms with Crippen molar-refractivity contribution in [2.45, 2.75) is 11.2 Å². The van der Waals surface area contributed by atoms with Gasteiger partial charge in [-0.05, 0) is 0 Å². The maximum Gasteiger partial charge on any atom is 0.230 e. The van der Waals surface area contributed by atoms with Gasteiger partial charge in [0, 0.05) is 12.6 Å². The number of hydrogen-bond acceptors (Lipinski definition) is 4. The lowest BCUT2D eigenvalue weighted by Crippen LogP contribution is -3.07. The van der Waals surface area contributed by atoms with Gasteiger partial charge in [-0.25, -0.2) is 0 Å². The fourth-order valence-corrected chi connectivity index (χ4v) is 2.86. The number of likely N-dealkylation sites (N-methyl/N-ethyl adjacent to an activating group) is 1. The van der Waals surface area contributed by atoms with E-state index in [4.69, 9.17) is 0 Å². The van der Waals surface area contributed by atoms with Gasteiger partial charge in [0.05, 0.1) is 26.4 Å². The summed E-state index contributed by atoms with van der Waals surface area (Å²) in [5, 5.41) is 11.5. The van der Waals surface area contributed by atoms with Gasteiger partial charge in [0.25, 0.3) is 0 Å². The zero-order valence-corrected chi connectivity index (χ0v) is 13.9. The lowest BCUT2D eigenvalue weighted by molar-refractivity contribution is -0.890. The van der Waals surface area contributed by atoms with Crippen LogP contribution in [0, 0.1) is 0 Å². The average Bonchev–Trinajstić information content (AvgIpc) is 2.91. The minimum atomic E-state index is 0.00943. The second-order valence-corrected chi connectivity index (χ2v) is 6.30. The lowest BCUT2D eigenvalue weighted by atomic mass is 10.1. The molecule has 1 aromatic heterocycles. The molecule has 6 nitrogen and oxygen atoms in total. The predicted octanol–water partition coefficient (Wildman–Crippen LogP) is -0.0908. The molecule has 2 N–H and O–H groups in total. The molecular weight excluding hydrogens is 298 g/mol. The number of aryl methyl sites for hydroxylation is 1. The van der Waals surface area contributed by atoms with E-state index in [1.165, 1.54) is 22.2 Å². The van der Waals surface area contributed by atoms with Crippen LogP contribution in [0.3, 0.4) is 0 Å². The Hall–Kier alpha value is -1.86. The van der Waals surface area contributed by atoms with Gasteiger partial charge in [-0.1, -0.05) is 42.1 Å². The van der Waals surface area contributed by atoms with Gasteiger partial charge < -0.3 is 14.8 Å². The third-order valence-electron chi connectivity index (χ3n) is 3.40. The maximum absolute atomic E-state index is 12.0. The summed E-state index contributed by atoms with van der Waals surface area (Å²) < 4.78 is 1.80. The summed E-state index contributed by atoms with van der Waals surface area (Å²) in [4.78, 5) is 13.3. The molecule has 2 rings (SSSR count). The molecule has 118 valence electrons. The topological polar surface area (TPSA) is 64.2 Å². The quantitative estimate of drug-likeness (QED) is 0.700. The Labute approximate surface area is 134 Å². The van der Waals surface area contributed by atoms with Crippen molar-refractivity contribution in [1.29, 1.82) is 0 Å². The number of thioether (sulfide) groups is 1. The lowest BCUT2D eigenvalue weighted by Gasteiger charge is -2.22. The summed E-state index contributed by atoms with van der Waals surface area (Å²) >= 11 is 1.39. The van der Waals surface area contributed by atoms with E-state index in [-0.39, 0.29) is 11.9 Å². The molecule has 0 aliphatic heterocycles. The number of nitrogens with zero attached hydrogens (tertiary/aromatic N) is 3. The van der Waals surface area contributed by atoms with E-state index in [0.717, 1.165) is 5.16 Å². The predicted molar refractivity (Wildman–Crippen MR) is 86.7 cm³/mol. The van der Waals surface area contributed by atoms with Gasteiger partial charge in [0.1, 0.15) is 12.4 Å². The highest BCUT2D eigenvalue weighted by atomic mass is 32.2. The normalized spacial score (nSPS) is 12.4. The first kappa shape index (κ1) is 16.5. The van der Waals surface area contributed by atoms with Crippen molar-refractivity contribution in [1.82, 2.24) is 20.1 Å². The van der Waals surface area contributed by atoms with Crippen LogP contribution in [0.25, 0.3) is 0 Å². The van der Waals surface area contributed by atoms with Gasteiger partial charge in [-0.2, -0.15) is 0 Å². The molecule has 7 heteroatoms. The molecule has 0 bridgehead atoms. The number of hydrogen-bond donors (Lipinski definition) is 2. The van der Waals surface area contributed by atoms with Crippen molar-refractivity contribution in [3.05, 3.63) is 42.2 Å². The van der Waals surface area contributed by atoms with E-state index in [0.29, 0.717) is 12.3 Å². The van der Waals surface area contributed by atoms with Crippen molar-refractivity contribution < 1.29 is 9.69 Å². The molecule has 0 fully saturated rings. The summed E-state index contributed by atoms with van der Waals surface area (Å²) in [6, 6.07) is 10.5. The average molecular weight is 320 g/mol. The minimum absolute atomic E-state index is 0.00943. The summed E-state index contributed by atoms with van der Waals surface area (Å²) in [6.45, 7) is 0.616. The Morgan fingerprint density at radius 2 is 2.09 bits per heavy atom. The Morgan fingerprint density at radius 3 is 2.68 bits per heavy atom. The van der Waals surface area contributed by atoms with Crippen LogP contribution in [0.4, 0.5) is 0 Å². The Morgan fingerprint density at radius 1 is 1.36 bits per heavy atom. The van der Waals surface area contributed by atoms with E-state index in [1.54, 1.807) is 10.9 Å². The van der Waals surface area contributed by atoms with E-state index in [2.05, 4.69) is 41.7 Å². The number of quaternary nitrogens is 1. The fraction of sp³-hybridized carbons (Fsp3) is 0.400. The van der Waals surface area contributed by atoms with E-state index >= 15 is 0 Å². The molecule has 2 aromatic rings. The molecule has 0 radical (unpaired) electrons. The molecule has 0 aliphatic carbocycles. The van der Waals surface area contributed by atoms with Crippen LogP contribution in [0.1, 0.15) is 11.6 Å². The number of rotatable bonds is 7. The Kier molecular flexibility index (Phi) is 5.97. The Bertz CT molecular complexity index is 599. The van der Waals surface area contributed by atoms with Crippen LogP contribution >= 0.6 is 11.8 Å². The number of amides is 1. The highest BCUT2D eigenvalue weighted by Crippen LogP contribution is 2.13. The maximum atomic E-state index is 12.0. The van der Waals surface area contributed by atoms with Gasteiger partial charge in [-0.3, -0.25) is 4.79 Å². The highest BCUT2D eigenvalue weighted by molar-refractivity contribution is 7.99. The number of nitrogens with one attached hydrogen (secondary N) is 2. The molecule has 0 aliphatic rings. The third-order valence-corrected chi connectivity index (χ3v) is 4.44.